The molecule has 0 spiro atoms. The normalized spacial score (nSPS) is 22.7. The number of amides is 4. The standard InChI is InChI=1S/C33H44F3N7O9S/c34-33(35,36)22-5-7-23(8-6-22)53(51,52)38-25-9-11-28(45)42-15-3-4-26(43(42)32(25)50)31(49)37-24(10-12-30(47)48)27(44)20-39-16-18-40(19-17-39)21-29(46)41-13-1-2-14-41/h5-8,24-26,38H,1-4,9-21H2,(H,37,49)(H,47,48)/t24-,25-,26-/m0/s1. The van der Waals surface area contributed by atoms with Gasteiger partial charge >= 0.3 is 12.1 Å². The SMILES string of the molecule is O=C(O)CC[C@H](NC(=O)[C@@H]1CCCN2C(=O)CC[C@H](NS(=O)(=O)c3ccc(C(F)(F)F)cc3)C(=O)N12)C(=O)CN1CCN(CC(=O)N2CCCC2)CC1. The van der Waals surface area contributed by atoms with Crippen LogP contribution in [-0.2, 0) is 45.0 Å². The maximum atomic E-state index is 13.9. The average Bonchev–Trinajstić information content (AvgIpc) is 3.63. The summed E-state index contributed by atoms with van der Waals surface area (Å²) in [5.41, 5.74) is -1.07. The van der Waals surface area contributed by atoms with E-state index in [9.17, 15) is 55.5 Å². The van der Waals surface area contributed by atoms with E-state index in [1.807, 2.05) is 14.7 Å². The molecule has 20 heteroatoms. The maximum absolute atomic E-state index is 13.9. The number of ketones is 1. The van der Waals surface area contributed by atoms with Crippen molar-refractivity contribution in [2.75, 3.05) is 58.9 Å². The minimum Gasteiger partial charge on any atom is -0.481 e. The number of Topliss-reactive ketones (excluding diaryl/α,β-unsaturated/α-hetero) is 1. The molecule has 0 radical (unpaired) electrons. The highest BCUT2D eigenvalue weighted by atomic mass is 32.2. The predicted octanol–water partition coefficient (Wildman–Crippen LogP) is 0.0394. The molecule has 0 bridgehead atoms. The van der Waals surface area contributed by atoms with Gasteiger partial charge in [0.15, 0.2) is 5.78 Å². The van der Waals surface area contributed by atoms with Crippen molar-refractivity contribution in [1.82, 2.24) is 34.8 Å². The zero-order valence-corrected chi connectivity index (χ0v) is 29.9. The van der Waals surface area contributed by atoms with Crippen LogP contribution in [0.5, 0.6) is 0 Å². The summed E-state index contributed by atoms with van der Waals surface area (Å²) in [4.78, 5) is 83.6. The van der Waals surface area contributed by atoms with Gasteiger partial charge in [0, 0.05) is 58.7 Å². The molecule has 4 fully saturated rings. The molecule has 4 saturated heterocycles. The van der Waals surface area contributed by atoms with Gasteiger partial charge in [0.25, 0.3) is 5.91 Å². The molecular weight excluding hydrogens is 727 g/mol. The highest BCUT2D eigenvalue weighted by molar-refractivity contribution is 7.89. The lowest BCUT2D eigenvalue weighted by Gasteiger charge is -2.43. The first-order chi connectivity index (χ1) is 25.0. The Morgan fingerprint density at radius 2 is 1.49 bits per heavy atom. The van der Waals surface area contributed by atoms with E-state index in [0.29, 0.717) is 38.3 Å². The third-order valence-electron chi connectivity index (χ3n) is 9.97. The molecule has 0 aromatic heterocycles. The molecule has 16 nitrogen and oxygen atoms in total. The Morgan fingerprint density at radius 1 is 0.868 bits per heavy atom. The van der Waals surface area contributed by atoms with Crippen LogP contribution >= 0.6 is 0 Å². The monoisotopic (exact) mass is 771 g/mol. The molecule has 4 aliphatic rings. The van der Waals surface area contributed by atoms with Gasteiger partial charge in [-0.1, -0.05) is 0 Å². The first kappa shape index (κ1) is 40.1. The zero-order valence-electron chi connectivity index (χ0n) is 29.1. The predicted molar refractivity (Wildman–Crippen MR) is 179 cm³/mol. The molecule has 3 atom stereocenters. The molecule has 1 aromatic carbocycles. The van der Waals surface area contributed by atoms with E-state index in [2.05, 4.69) is 10.0 Å². The van der Waals surface area contributed by atoms with E-state index in [1.54, 1.807) is 0 Å². The van der Waals surface area contributed by atoms with E-state index < -0.39 is 80.7 Å². The van der Waals surface area contributed by atoms with E-state index in [1.165, 1.54) is 0 Å². The topological polar surface area (TPSA) is 197 Å². The van der Waals surface area contributed by atoms with Gasteiger partial charge in [0.2, 0.25) is 27.7 Å². The van der Waals surface area contributed by atoms with Crippen LogP contribution in [0.15, 0.2) is 29.2 Å². The lowest BCUT2D eigenvalue weighted by Crippen LogP contribution is -2.64. The van der Waals surface area contributed by atoms with Crippen LogP contribution in [0.25, 0.3) is 0 Å². The van der Waals surface area contributed by atoms with Gasteiger partial charge in [-0.3, -0.25) is 43.6 Å². The number of hydrazine groups is 1. The molecule has 0 unspecified atom stereocenters. The summed E-state index contributed by atoms with van der Waals surface area (Å²) >= 11 is 0. The second kappa shape index (κ2) is 16.9. The number of rotatable bonds is 13. The van der Waals surface area contributed by atoms with Gasteiger partial charge in [0.1, 0.15) is 12.1 Å². The highest BCUT2D eigenvalue weighted by Gasteiger charge is 2.46. The summed E-state index contributed by atoms with van der Waals surface area (Å²) in [6.07, 6.45) is -3.67. The number of benzene rings is 1. The summed E-state index contributed by atoms with van der Waals surface area (Å²) in [5, 5.41) is 13.9. The van der Waals surface area contributed by atoms with Gasteiger partial charge in [-0.2, -0.15) is 17.9 Å². The minimum atomic E-state index is -4.71. The minimum absolute atomic E-state index is 0.0394. The van der Waals surface area contributed by atoms with Crippen molar-refractivity contribution in [2.24, 2.45) is 0 Å². The number of fused-ring (bicyclic) bond motifs is 1. The molecule has 4 aliphatic heterocycles. The number of halogens is 3. The Kier molecular flexibility index (Phi) is 12.8. The van der Waals surface area contributed by atoms with Crippen LogP contribution in [0.2, 0.25) is 0 Å². The second-order valence-corrected chi connectivity index (χ2v) is 15.4. The number of carbonyl (C=O) groups is 6. The summed E-state index contributed by atoms with van der Waals surface area (Å²) in [7, 11) is -4.56. The molecule has 1 aromatic rings. The molecule has 292 valence electrons. The number of alkyl halides is 3. The van der Waals surface area contributed by atoms with Gasteiger partial charge in [-0.15, -0.1) is 0 Å². The highest BCUT2D eigenvalue weighted by Crippen LogP contribution is 2.30. The number of carboxylic acids is 1. The third-order valence-corrected chi connectivity index (χ3v) is 11.5. The third kappa shape index (κ3) is 10.1. The van der Waals surface area contributed by atoms with Gasteiger partial charge in [0.05, 0.1) is 29.6 Å². The molecule has 0 aliphatic carbocycles. The number of likely N-dealkylation sites (tertiary alicyclic amines) is 1. The summed E-state index contributed by atoms with van der Waals surface area (Å²) in [6.45, 7) is 3.72. The Balaban J connectivity index is 1.25. The van der Waals surface area contributed by atoms with E-state index in [0.717, 1.165) is 48.1 Å². The van der Waals surface area contributed by atoms with Crippen LogP contribution in [0, 0.1) is 0 Å². The van der Waals surface area contributed by atoms with Crippen molar-refractivity contribution >= 4 is 45.4 Å². The Hall–Kier alpha value is -4.14. The van der Waals surface area contributed by atoms with Crippen molar-refractivity contribution in [2.45, 2.75) is 80.6 Å². The smallest absolute Gasteiger partial charge is 0.416 e. The van der Waals surface area contributed by atoms with E-state index >= 15 is 0 Å². The Morgan fingerprint density at radius 3 is 2.09 bits per heavy atom. The fourth-order valence-electron chi connectivity index (χ4n) is 7.00. The average molecular weight is 772 g/mol. The molecule has 4 amide bonds. The molecule has 5 rings (SSSR count). The zero-order chi connectivity index (χ0) is 38.5. The second-order valence-electron chi connectivity index (χ2n) is 13.7. The maximum Gasteiger partial charge on any atom is 0.416 e. The number of carbonyl (C=O) groups excluding carboxylic acids is 5. The van der Waals surface area contributed by atoms with Crippen LogP contribution < -0.4 is 10.0 Å². The van der Waals surface area contributed by atoms with E-state index in [4.69, 9.17) is 0 Å². The van der Waals surface area contributed by atoms with Crippen LogP contribution in [0.1, 0.15) is 56.9 Å². The summed E-state index contributed by atoms with van der Waals surface area (Å²) in [5.74, 6) is -3.94. The molecule has 53 heavy (non-hydrogen) atoms. The lowest BCUT2D eigenvalue weighted by atomic mass is 10.0. The molecule has 0 saturated carbocycles. The first-order valence-corrected chi connectivity index (χ1v) is 19.1. The molecule has 3 N–H and O–H groups in total. The van der Waals surface area contributed by atoms with Crippen LogP contribution in [0.3, 0.4) is 0 Å². The van der Waals surface area contributed by atoms with Crippen molar-refractivity contribution in [3.8, 4) is 0 Å². The summed E-state index contributed by atoms with van der Waals surface area (Å²) < 4.78 is 67.6. The fraction of sp³-hybridized carbons (Fsp3) is 0.636. The largest absolute Gasteiger partial charge is 0.481 e. The van der Waals surface area contributed by atoms with Crippen LogP contribution in [-0.4, -0.2) is 151 Å². The van der Waals surface area contributed by atoms with Gasteiger partial charge in [-0.05, 0) is 62.8 Å². The van der Waals surface area contributed by atoms with Gasteiger partial charge in [-0.25, -0.2) is 13.4 Å². The first-order valence-electron chi connectivity index (χ1n) is 17.6. The number of aliphatic carboxylic acids is 1. The Labute approximate surface area is 304 Å². The number of nitrogens with one attached hydrogen (secondary N) is 2. The fourth-order valence-corrected chi connectivity index (χ4v) is 8.23. The molecular formula is C33H44F3N7O9S. The number of nitrogens with zero attached hydrogens (tertiary/aromatic N) is 5. The van der Waals surface area contributed by atoms with Crippen molar-refractivity contribution < 1.29 is 55.5 Å². The number of sulfonamides is 1. The number of hydrogen-bond acceptors (Lipinski definition) is 10. The van der Waals surface area contributed by atoms with Gasteiger partial charge < -0.3 is 15.3 Å². The quantitative estimate of drug-likeness (QED) is 0.245. The van der Waals surface area contributed by atoms with E-state index in [-0.39, 0.29) is 57.6 Å². The molecule has 4 heterocycles. The van der Waals surface area contributed by atoms with Crippen molar-refractivity contribution in [3.63, 3.8) is 0 Å². The number of carboxylic acid groups (broad SMARTS) is 1. The van der Waals surface area contributed by atoms with Crippen molar-refractivity contribution in [3.05, 3.63) is 29.8 Å². The number of hydrogen-bond donors (Lipinski definition) is 3. The lowest BCUT2D eigenvalue weighted by molar-refractivity contribution is -0.176. The number of piperazine rings is 1. The summed E-state index contributed by atoms with van der Waals surface area (Å²) in [6, 6.07) is -1.51. The van der Waals surface area contributed by atoms with Crippen molar-refractivity contribution in [1.29, 1.82) is 0 Å². The van der Waals surface area contributed by atoms with Crippen LogP contribution in [0.4, 0.5) is 13.2 Å². The Bertz CT molecular complexity index is 1660.